The van der Waals surface area contributed by atoms with Crippen LogP contribution in [0.15, 0.2) is 11.3 Å². The molecule has 0 aliphatic rings. The minimum absolute atomic E-state index is 0.614. The predicted octanol–water partition coefficient (Wildman–Crippen LogP) is 1.13. The van der Waals surface area contributed by atoms with Gasteiger partial charge in [0.1, 0.15) is 12.2 Å². The van der Waals surface area contributed by atoms with Gasteiger partial charge in [-0.05, 0) is 40.3 Å². The van der Waals surface area contributed by atoms with Gasteiger partial charge in [-0.2, -0.15) is 0 Å². The van der Waals surface area contributed by atoms with E-state index in [2.05, 4.69) is 63.1 Å². The molecule has 0 saturated heterocycles. The predicted molar refractivity (Wildman–Crippen MR) is 95.8 cm³/mol. The summed E-state index contributed by atoms with van der Waals surface area (Å²) >= 11 is 0. The SMILES string of the molecule is CCc1nncn1CCNC(=NC)NCCCCN(C)C(C)C. The van der Waals surface area contributed by atoms with Gasteiger partial charge in [0.05, 0.1) is 0 Å². The molecular weight excluding hydrogens is 290 g/mol. The van der Waals surface area contributed by atoms with Crippen LogP contribution in [0.3, 0.4) is 0 Å². The molecule has 1 aromatic rings. The fraction of sp³-hybridized carbons (Fsp3) is 0.812. The molecule has 0 saturated carbocycles. The summed E-state index contributed by atoms with van der Waals surface area (Å²) in [5, 5.41) is 14.7. The monoisotopic (exact) mass is 323 g/mol. The van der Waals surface area contributed by atoms with Crippen molar-refractivity contribution in [2.24, 2.45) is 4.99 Å². The van der Waals surface area contributed by atoms with Crippen LogP contribution in [0.2, 0.25) is 0 Å². The molecule has 1 rings (SSSR count). The Morgan fingerprint density at radius 2 is 2.04 bits per heavy atom. The fourth-order valence-electron chi connectivity index (χ4n) is 2.21. The Balaban J connectivity index is 2.15. The van der Waals surface area contributed by atoms with Crippen LogP contribution in [0, 0.1) is 0 Å². The molecule has 0 aromatic carbocycles. The average molecular weight is 323 g/mol. The molecule has 0 spiro atoms. The smallest absolute Gasteiger partial charge is 0.191 e. The molecule has 23 heavy (non-hydrogen) atoms. The second-order valence-electron chi connectivity index (χ2n) is 6.00. The van der Waals surface area contributed by atoms with Crippen molar-refractivity contribution in [1.82, 2.24) is 30.3 Å². The standard InChI is InChI=1S/C16H33N7/c1-6-15-21-20-13-23(15)12-10-19-16(17-4)18-9-7-8-11-22(5)14(2)3/h13-14H,6-12H2,1-5H3,(H2,17,18,19). The summed E-state index contributed by atoms with van der Waals surface area (Å²) in [6.07, 6.45) is 5.02. The molecule has 0 unspecified atom stereocenters. The number of hydrogen-bond donors (Lipinski definition) is 2. The van der Waals surface area contributed by atoms with E-state index in [1.165, 1.54) is 6.42 Å². The highest BCUT2D eigenvalue weighted by atomic mass is 15.3. The Morgan fingerprint density at radius 1 is 1.30 bits per heavy atom. The third-order valence-electron chi connectivity index (χ3n) is 3.99. The second kappa shape index (κ2) is 11.0. The highest BCUT2D eigenvalue weighted by molar-refractivity contribution is 5.79. The fourth-order valence-corrected chi connectivity index (χ4v) is 2.21. The summed E-state index contributed by atoms with van der Waals surface area (Å²) in [5.74, 6) is 1.87. The van der Waals surface area contributed by atoms with Crippen molar-refractivity contribution >= 4 is 5.96 Å². The van der Waals surface area contributed by atoms with Gasteiger partial charge in [-0.3, -0.25) is 4.99 Å². The lowest BCUT2D eigenvalue weighted by molar-refractivity contribution is 0.268. The van der Waals surface area contributed by atoms with Crippen LogP contribution in [-0.2, 0) is 13.0 Å². The summed E-state index contributed by atoms with van der Waals surface area (Å²) in [4.78, 5) is 6.63. The number of hydrogen-bond acceptors (Lipinski definition) is 4. The van der Waals surface area contributed by atoms with E-state index in [9.17, 15) is 0 Å². The molecule has 132 valence electrons. The summed E-state index contributed by atoms with van der Waals surface area (Å²) < 4.78 is 2.07. The van der Waals surface area contributed by atoms with Crippen LogP contribution in [0.5, 0.6) is 0 Å². The van der Waals surface area contributed by atoms with Gasteiger partial charge < -0.3 is 20.1 Å². The Labute approximate surface area is 140 Å². The lowest BCUT2D eigenvalue weighted by Crippen LogP contribution is -2.39. The van der Waals surface area contributed by atoms with Crippen LogP contribution >= 0.6 is 0 Å². The summed E-state index contributed by atoms with van der Waals surface area (Å²) in [7, 11) is 3.98. The number of unbranched alkanes of at least 4 members (excludes halogenated alkanes) is 1. The lowest BCUT2D eigenvalue weighted by atomic mass is 10.2. The Bertz CT molecular complexity index is 453. The van der Waals surface area contributed by atoms with E-state index in [4.69, 9.17) is 0 Å². The Morgan fingerprint density at radius 3 is 2.70 bits per heavy atom. The van der Waals surface area contributed by atoms with Gasteiger partial charge in [0, 0.05) is 39.1 Å². The molecule has 0 radical (unpaired) electrons. The Kier molecular flexibility index (Phi) is 9.28. The zero-order valence-electron chi connectivity index (χ0n) is 15.3. The zero-order valence-corrected chi connectivity index (χ0v) is 15.3. The maximum Gasteiger partial charge on any atom is 0.191 e. The maximum absolute atomic E-state index is 4.25. The van der Waals surface area contributed by atoms with Crippen LogP contribution in [0.1, 0.15) is 39.4 Å². The molecule has 1 aromatic heterocycles. The molecule has 0 aliphatic carbocycles. The molecule has 0 bridgehead atoms. The van der Waals surface area contributed by atoms with E-state index in [-0.39, 0.29) is 0 Å². The molecular formula is C16H33N7. The lowest BCUT2D eigenvalue weighted by Gasteiger charge is -2.20. The van der Waals surface area contributed by atoms with Crippen molar-refractivity contribution in [3.63, 3.8) is 0 Å². The molecule has 0 atom stereocenters. The first kappa shape index (κ1) is 19.4. The van der Waals surface area contributed by atoms with Crippen LogP contribution in [-0.4, -0.2) is 65.4 Å². The van der Waals surface area contributed by atoms with Gasteiger partial charge in [0.15, 0.2) is 5.96 Å². The minimum Gasteiger partial charge on any atom is -0.356 e. The number of rotatable bonds is 10. The topological polar surface area (TPSA) is 70.4 Å². The number of guanidine groups is 1. The van der Waals surface area contributed by atoms with Crippen LogP contribution in [0.25, 0.3) is 0 Å². The van der Waals surface area contributed by atoms with E-state index in [1.807, 2.05) is 0 Å². The highest BCUT2D eigenvalue weighted by Crippen LogP contribution is 1.97. The number of nitrogens with one attached hydrogen (secondary N) is 2. The molecule has 0 amide bonds. The number of aryl methyl sites for hydroxylation is 1. The van der Waals surface area contributed by atoms with Crippen LogP contribution in [0.4, 0.5) is 0 Å². The van der Waals surface area contributed by atoms with Crippen molar-refractivity contribution < 1.29 is 0 Å². The molecule has 7 nitrogen and oxygen atoms in total. The summed E-state index contributed by atoms with van der Waals surface area (Å²) in [5.41, 5.74) is 0. The molecule has 2 N–H and O–H groups in total. The normalized spacial score (nSPS) is 12.2. The molecule has 0 aliphatic heterocycles. The van der Waals surface area contributed by atoms with Gasteiger partial charge in [0.2, 0.25) is 0 Å². The second-order valence-corrected chi connectivity index (χ2v) is 6.00. The summed E-state index contributed by atoms with van der Waals surface area (Å²) in [6, 6.07) is 0.614. The molecule has 7 heteroatoms. The van der Waals surface area contributed by atoms with Crippen molar-refractivity contribution in [2.75, 3.05) is 33.7 Å². The van der Waals surface area contributed by atoms with Gasteiger partial charge in [-0.25, -0.2) is 0 Å². The number of nitrogens with zero attached hydrogens (tertiary/aromatic N) is 5. The maximum atomic E-state index is 4.25. The van der Waals surface area contributed by atoms with Gasteiger partial charge in [0.25, 0.3) is 0 Å². The van der Waals surface area contributed by atoms with Crippen molar-refractivity contribution in [3.05, 3.63) is 12.2 Å². The third-order valence-corrected chi connectivity index (χ3v) is 3.99. The highest BCUT2D eigenvalue weighted by Gasteiger charge is 2.03. The van der Waals surface area contributed by atoms with E-state index in [1.54, 1.807) is 13.4 Å². The van der Waals surface area contributed by atoms with Gasteiger partial charge >= 0.3 is 0 Å². The first-order valence-corrected chi connectivity index (χ1v) is 8.59. The van der Waals surface area contributed by atoms with E-state index in [0.717, 1.165) is 50.8 Å². The van der Waals surface area contributed by atoms with Crippen molar-refractivity contribution in [2.45, 2.75) is 52.6 Å². The quantitative estimate of drug-likeness (QED) is 0.384. The van der Waals surface area contributed by atoms with Gasteiger partial charge in [-0.1, -0.05) is 6.92 Å². The van der Waals surface area contributed by atoms with E-state index >= 15 is 0 Å². The largest absolute Gasteiger partial charge is 0.356 e. The zero-order chi connectivity index (χ0) is 17.1. The van der Waals surface area contributed by atoms with Crippen LogP contribution < -0.4 is 10.6 Å². The van der Waals surface area contributed by atoms with Crippen molar-refractivity contribution in [1.29, 1.82) is 0 Å². The third kappa shape index (κ3) is 7.45. The van der Waals surface area contributed by atoms with E-state index in [0.29, 0.717) is 6.04 Å². The molecule has 1 heterocycles. The first-order valence-electron chi connectivity index (χ1n) is 8.59. The first-order chi connectivity index (χ1) is 11.1. The average Bonchev–Trinajstić information content (AvgIpc) is 2.99. The van der Waals surface area contributed by atoms with Crippen molar-refractivity contribution in [3.8, 4) is 0 Å². The Hall–Kier alpha value is -1.63. The van der Waals surface area contributed by atoms with Gasteiger partial charge in [-0.15, -0.1) is 10.2 Å². The van der Waals surface area contributed by atoms with E-state index < -0.39 is 0 Å². The number of aliphatic imine (C=N–C) groups is 1. The minimum atomic E-state index is 0.614. The summed E-state index contributed by atoms with van der Waals surface area (Å²) in [6.45, 7) is 10.3. The number of aromatic nitrogens is 3. The molecule has 0 fully saturated rings.